The summed E-state index contributed by atoms with van der Waals surface area (Å²) in [4.78, 5) is 29.2. The van der Waals surface area contributed by atoms with E-state index in [2.05, 4.69) is 9.78 Å². The summed E-state index contributed by atoms with van der Waals surface area (Å²) in [5.74, 6) is -0.889. The highest BCUT2D eigenvalue weighted by Crippen LogP contribution is 2.18. The monoisotopic (exact) mass is 197 g/mol. The second kappa shape index (κ2) is 4.33. The minimum absolute atomic E-state index is 0.139. The molecule has 6 heteroatoms. The van der Waals surface area contributed by atoms with Gasteiger partial charge in [0.2, 0.25) is 0 Å². The normalized spacial score (nSPS) is 9.50. The first-order chi connectivity index (χ1) is 6.66. The highest BCUT2D eigenvalue weighted by Gasteiger charge is 2.20. The van der Waals surface area contributed by atoms with Crippen molar-refractivity contribution in [3.05, 3.63) is 39.9 Å². The summed E-state index contributed by atoms with van der Waals surface area (Å²) in [6.07, 6.45) is 0. The third-order valence-electron chi connectivity index (χ3n) is 1.48. The Hall–Kier alpha value is -1.95. The van der Waals surface area contributed by atoms with Crippen LogP contribution in [0.2, 0.25) is 0 Å². The number of nitrogens with zero attached hydrogens (tertiary/aromatic N) is 1. The topological polar surface area (TPSA) is 78.7 Å². The molecular weight excluding hydrogens is 190 g/mol. The zero-order chi connectivity index (χ0) is 10.6. The van der Waals surface area contributed by atoms with Gasteiger partial charge in [-0.05, 0) is 6.07 Å². The zero-order valence-corrected chi connectivity index (χ0v) is 7.30. The SMILES string of the molecule is COOC(=O)c1ccccc1[N+](=O)[O-]. The summed E-state index contributed by atoms with van der Waals surface area (Å²) in [6.45, 7) is 0. The molecule has 0 aliphatic heterocycles. The van der Waals surface area contributed by atoms with Crippen molar-refractivity contribution >= 4 is 11.7 Å². The molecule has 0 spiro atoms. The van der Waals surface area contributed by atoms with E-state index in [1.165, 1.54) is 24.3 Å². The van der Waals surface area contributed by atoms with Crippen LogP contribution in [0.3, 0.4) is 0 Å². The van der Waals surface area contributed by atoms with Crippen molar-refractivity contribution in [1.29, 1.82) is 0 Å². The first kappa shape index (κ1) is 10.1. The molecule has 6 nitrogen and oxygen atoms in total. The Morgan fingerprint density at radius 1 is 1.43 bits per heavy atom. The van der Waals surface area contributed by atoms with Gasteiger partial charge < -0.3 is 0 Å². The largest absolute Gasteiger partial charge is 0.379 e. The lowest BCUT2D eigenvalue weighted by molar-refractivity contribution is -0.385. The van der Waals surface area contributed by atoms with E-state index in [0.717, 1.165) is 7.11 Å². The van der Waals surface area contributed by atoms with Crippen LogP contribution in [-0.4, -0.2) is 18.0 Å². The Bertz CT molecular complexity index is 363. The number of nitro benzene ring substituents is 1. The lowest BCUT2D eigenvalue weighted by Crippen LogP contribution is -2.07. The number of carbonyl (C=O) groups is 1. The fourth-order valence-electron chi connectivity index (χ4n) is 0.926. The minimum atomic E-state index is -0.889. The fourth-order valence-corrected chi connectivity index (χ4v) is 0.926. The average molecular weight is 197 g/mol. The molecule has 0 fully saturated rings. The summed E-state index contributed by atoms with van der Waals surface area (Å²) in [6, 6.07) is 5.46. The fraction of sp³-hybridized carbons (Fsp3) is 0.125. The van der Waals surface area contributed by atoms with Gasteiger partial charge in [-0.3, -0.25) is 15.0 Å². The van der Waals surface area contributed by atoms with Crippen molar-refractivity contribution in [2.45, 2.75) is 0 Å². The van der Waals surface area contributed by atoms with Crippen LogP contribution in [0.15, 0.2) is 24.3 Å². The number of para-hydroxylation sites is 1. The number of rotatable bonds is 3. The Labute approximate surface area is 79.1 Å². The van der Waals surface area contributed by atoms with Crippen LogP contribution in [0.5, 0.6) is 0 Å². The molecule has 0 saturated heterocycles. The van der Waals surface area contributed by atoms with Crippen molar-refractivity contribution in [3.8, 4) is 0 Å². The van der Waals surface area contributed by atoms with Gasteiger partial charge in [0.1, 0.15) is 5.56 Å². The van der Waals surface area contributed by atoms with Gasteiger partial charge >= 0.3 is 5.97 Å². The second-order valence-corrected chi connectivity index (χ2v) is 2.31. The van der Waals surface area contributed by atoms with Crippen LogP contribution in [0.25, 0.3) is 0 Å². The van der Waals surface area contributed by atoms with Crippen molar-refractivity contribution in [2.24, 2.45) is 0 Å². The van der Waals surface area contributed by atoms with Gasteiger partial charge in [-0.15, -0.1) is 0 Å². The van der Waals surface area contributed by atoms with Crippen molar-refractivity contribution in [3.63, 3.8) is 0 Å². The standard InChI is InChI=1S/C8H7NO5/c1-13-14-8(10)6-4-2-3-5-7(6)9(11)12/h2-5H,1H3. The third-order valence-corrected chi connectivity index (χ3v) is 1.48. The van der Waals surface area contributed by atoms with E-state index in [4.69, 9.17) is 0 Å². The van der Waals surface area contributed by atoms with Crippen molar-refractivity contribution in [2.75, 3.05) is 7.11 Å². The molecule has 1 aromatic rings. The average Bonchev–Trinajstić information content (AvgIpc) is 2.18. The maximum absolute atomic E-state index is 11.1. The molecule has 0 amide bonds. The predicted octanol–water partition coefficient (Wildman–Crippen LogP) is 1.31. The number of nitro groups is 1. The molecule has 1 aromatic carbocycles. The molecule has 14 heavy (non-hydrogen) atoms. The van der Waals surface area contributed by atoms with E-state index in [0.29, 0.717) is 0 Å². The Kier molecular flexibility index (Phi) is 3.14. The van der Waals surface area contributed by atoms with Crippen LogP contribution in [0, 0.1) is 10.1 Å². The van der Waals surface area contributed by atoms with Crippen LogP contribution >= 0.6 is 0 Å². The number of hydrogen-bond donors (Lipinski definition) is 0. The molecule has 0 bridgehead atoms. The molecule has 0 N–H and O–H groups in total. The molecule has 0 aromatic heterocycles. The molecule has 0 radical (unpaired) electrons. The first-order valence-electron chi connectivity index (χ1n) is 3.65. The lowest BCUT2D eigenvalue weighted by Gasteiger charge is -1.99. The Morgan fingerprint density at radius 3 is 2.64 bits per heavy atom. The lowest BCUT2D eigenvalue weighted by atomic mass is 10.2. The third kappa shape index (κ3) is 2.05. The Balaban J connectivity index is 3.07. The van der Waals surface area contributed by atoms with Gasteiger partial charge in [-0.25, -0.2) is 4.79 Å². The van der Waals surface area contributed by atoms with E-state index in [9.17, 15) is 14.9 Å². The van der Waals surface area contributed by atoms with Gasteiger partial charge in [0.15, 0.2) is 0 Å². The van der Waals surface area contributed by atoms with Gasteiger partial charge in [0, 0.05) is 6.07 Å². The van der Waals surface area contributed by atoms with E-state index in [1.54, 1.807) is 0 Å². The van der Waals surface area contributed by atoms with Gasteiger partial charge in [0.25, 0.3) is 5.69 Å². The maximum atomic E-state index is 11.1. The number of benzene rings is 1. The highest BCUT2D eigenvalue weighted by molar-refractivity contribution is 5.93. The van der Waals surface area contributed by atoms with Crippen molar-refractivity contribution in [1.82, 2.24) is 0 Å². The summed E-state index contributed by atoms with van der Waals surface area (Å²) < 4.78 is 0. The zero-order valence-electron chi connectivity index (χ0n) is 7.30. The molecule has 0 aliphatic carbocycles. The van der Waals surface area contributed by atoms with Crippen LogP contribution in [-0.2, 0) is 9.78 Å². The summed E-state index contributed by atoms with van der Waals surface area (Å²) in [5.41, 5.74) is -0.450. The quantitative estimate of drug-likeness (QED) is 0.414. The predicted molar refractivity (Wildman–Crippen MR) is 45.5 cm³/mol. The van der Waals surface area contributed by atoms with Gasteiger partial charge in [0.05, 0.1) is 12.0 Å². The van der Waals surface area contributed by atoms with Gasteiger partial charge in [-0.1, -0.05) is 12.1 Å². The van der Waals surface area contributed by atoms with E-state index < -0.39 is 10.9 Å². The smallest absolute Gasteiger partial charge is 0.293 e. The molecule has 0 unspecified atom stereocenters. The maximum Gasteiger partial charge on any atom is 0.379 e. The molecular formula is C8H7NO5. The molecule has 0 atom stereocenters. The molecule has 0 saturated carbocycles. The summed E-state index contributed by atoms with van der Waals surface area (Å²) >= 11 is 0. The van der Waals surface area contributed by atoms with E-state index in [-0.39, 0.29) is 11.3 Å². The van der Waals surface area contributed by atoms with Crippen LogP contribution < -0.4 is 0 Å². The van der Waals surface area contributed by atoms with E-state index in [1.807, 2.05) is 0 Å². The highest BCUT2D eigenvalue weighted by atomic mass is 17.2. The molecule has 1 rings (SSSR count). The van der Waals surface area contributed by atoms with Gasteiger partial charge in [-0.2, -0.15) is 4.89 Å². The van der Waals surface area contributed by atoms with Crippen LogP contribution in [0.4, 0.5) is 5.69 Å². The molecule has 74 valence electrons. The Morgan fingerprint density at radius 2 is 2.07 bits per heavy atom. The number of carbonyl (C=O) groups excluding carboxylic acids is 1. The minimum Gasteiger partial charge on any atom is -0.293 e. The number of hydrogen-bond acceptors (Lipinski definition) is 5. The van der Waals surface area contributed by atoms with E-state index >= 15 is 0 Å². The second-order valence-electron chi connectivity index (χ2n) is 2.31. The summed E-state index contributed by atoms with van der Waals surface area (Å²) in [5, 5.41) is 10.5. The summed E-state index contributed by atoms with van der Waals surface area (Å²) in [7, 11) is 1.15. The van der Waals surface area contributed by atoms with Crippen molar-refractivity contribution < 1.29 is 19.5 Å². The van der Waals surface area contributed by atoms with Crippen LogP contribution in [0.1, 0.15) is 10.4 Å². The molecule has 0 heterocycles. The first-order valence-corrected chi connectivity index (χ1v) is 3.65. The molecule has 0 aliphatic rings.